The first-order chi connectivity index (χ1) is 15.0. The van der Waals surface area contributed by atoms with Crippen molar-refractivity contribution in [3.63, 3.8) is 0 Å². The molecule has 8 heteroatoms. The molecule has 1 aromatic heterocycles. The summed E-state index contributed by atoms with van der Waals surface area (Å²) in [6, 6.07) is 8.71. The van der Waals surface area contributed by atoms with Crippen molar-refractivity contribution in [2.45, 2.75) is 65.5 Å². The normalized spacial score (nSPS) is 18.9. The Bertz CT molecular complexity index is 841. The van der Waals surface area contributed by atoms with E-state index in [0.29, 0.717) is 12.6 Å². The molecule has 0 atom stereocenters. The van der Waals surface area contributed by atoms with Gasteiger partial charge in [0.2, 0.25) is 0 Å². The van der Waals surface area contributed by atoms with E-state index in [2.05, 4.69) is 46.8 Å². The molecule has 0 spiro atoms. The summed E-state index contributed by atoms with van der Waals surface area (Å²) in [5, 5.41) is 15.6. The standard InChI is InChI=1S/C24H38N6O.HI/c1-17(2)20-8-10-21(11-9-20)27-24(26-16-23-29-28-18(3)30(23)4)25-15-14-19-6-12-22(31-5)13-7-19;/h6-7,12-13,17,20-21H,8-11,14-16H2,1-5H3,(H2,25,26,27);1H. The highest BCUT2D eigenvalue weighted by Gasteiger charge is 2.23. The maximum absolute atomic E-state index is 5.25. The van der Waals surface area contributed by atoms with Crippen molar-refractivity contribution in [2.24, 2.45) is 23.9 Å². The van der Waals surface area contributed by atoms with Crippen molar-refractivity contribution in [3.05, 3.63) is 41.5 Å². The minimum Gasteiger partial charge on any atom is -0.497 e. The zero-order valence-electron chi connectivity index (χ0n) is 20.1. The van der Waals surface area contributed by atoms with E-state index >= 15 is 0 Å². The molecule has 3 rings (SSSR count). The molecule has 0 bridgehead atoms. The van der Waals surface area contributed by atoms with Gasteiger partial charge < -0.3 is 19.9 Å². The number of aliphatic imine (C=N–C) groups is 1. The van der Waals surface area contributed by atoms with Gasteiger partial charge in [0.05, 0.1) is 7.11 Å². The molecule has 7 nitrogen and oxygen atoms in total. The first-order valence-electron chi connectivity index (χ1n) is 11.5. The quantitative estimate of drug-likeness (QED) is 0.290. The lowest BCUT2D eigenvalue weighted by Gasteiger charge is -2.32. The molecular formula is C24H39IN6O. The number of benzene rings is 1. The predicted molar refractivity (Wildman–Crippen MR) is 141 cm³/mol. The van der Waals surface area contributed by atoms with Crippen LogP contribution >= 0.6 is 24.0 Å². The van der Waals surface area contributed by atoms with Crippen LogP contribution in [0.3, 0.4) is 0 Å². The van der Waals surface area contributed by atoms with Gasteiger partial charge in [-0.1, -0.05) is 26.0 Å². The number of methoxy groups -OCH3 is 1. The summed E-state index contributed by atoms with van der Waals surface area (Å²) in [6.45, 7) is 7.97. The highest BCUT2D eigenvalue weighted by atomic mass is 127. The van der Waals surface area contributed by atoms with E-state index in [1.165, 1.54) is 31.2 Å². The van der Waals surface area contributed by atoms with Gasteiger partial charge in [-0.05, 0) is 68.6 Å². The number of hydrogen-bond acceptors (Lipinski definition) is 4. The summed E-state index contributed by atoms with van der Waals surface area (Å²) in [7, 11) is 3.68. The van der Waals surface area contributed by atoms with E-state index in [9.17, 15) is 0 Å². The van der Waals surface area contributed by atoms with Gasteiger partial charge >= 0.3 is 0 Å². The minimum absolute atomic E-state index is 0. The number of halogens is 1. The summed E-state index contributed by atoms with van der Waals surface area (Å²) < 4.78 is 7.24. The summed E-state index contributed by atoms with van der Waals surface area (Å²) in [4.78, 5) is 4.83. The monoisotopic (exact) mass is 554 g/mol. The third-order valence-corrected chi connectivity index (χ3v) is 6.48. The molecule has 32 heavy (non-hydrogen) atoms. The van der Waals surface area contributed by atoms with Crippen molar-refractivity contribution in [2.75, 3.05) is 13.7 Å². The van der Waals surface area contributed by atoms with Crippen LogP contribution in [0.15, 0.2) is 29.3 Å². The number of guanidine groups is 1. The molecule has 2 N–H and O–H groups in total. The second kappa shape index (κ2) is 13.0. The summed E-state index contributed by atoms with van der Waals surface area (Å²) in [6.07, 6.45) is 5.90. The van der Waals surface area contributed by atoms with Crippen LogP contribution in [-0.4, -0.2) is 40.4 Å². The average Bonchev–Trinajstić information content (AvgIpc) is 3.10. The fraction of sp³-hybridized carbons (Fsp3) is 0.625. The molecule has 0 saturated heterocycles. The molecule has 1 fully saturated rings. The lowest BCUT2D eigenvalue weighted by Crippen LogP contribution is -2.45. The second-order valence-corrected chi connectivity index (χ2v) is 8.91. The number of ether oxygens (including phenoxy) is 1. The Labute approximate surface area is 209 Å². The molecule has 0 unspecified atom stereocenters. The minimum atomic E-state index is 0. The van der Waals surface area contributed by atoms with E-state index in [1.807, 2.05) is 30.7 Å². The Kier molecular flexibility index (Phi) is 10.7. The highest BCUT2D eigenvalue weighted by Crippen LogP contribution is 2.29. The van der Waals surface area contributed by atoms with Crippen LogP contribution < -0.4 is 15.4 Å². The van der Waals surface area contributed by atoms with Crippen molar-refractivity contribution < 1.29 is 4.74 Å². The molecule has 1 aliphatic carbocycles. The number of aromatic nitrogens is 3. The molecule has 0 radical (unpaired) electrons. The number of nitrogens with zero attached hydrogens (tertiary/aromatic N) is 4. The van der Waals surface area contributed by atoms with Gasteiger partial charge in [0.1, 0.15) is 18.1 Å². The van der Waals surface area contributed by atoms with Crippen LogP contribution in [0.5, 0.6) is 5.75 Å². The molecule has 1 aliphatic rings. The lowest BCUT2D eigenvalue weighted by molar-refractivity contribution is 0.250. The average molecular weight is 555 g/mol. The van der Waals surface area contributed by atoms with Gasteiger partial charge in [-0.2, -0.15) is 0 Å². The molecule has 1 heterocycles. The molecule has 1 aromatic carbocycles. The Morgan fingerprint density at radius 3 is 2.41 bits per heavy atom. The first kappa shape index (κ1) is 26.4. The Hall–Kier alpha value is -1.84. The zero-order chi connectivity index (χ0) is 22.2. The maximum atomic E-state index is 5.25. The predicted octanol–water partition coefficient (Wildman–Crippen LogP) is 4.24. The number of rotatable bonds is 8. The first-order valence-corrected chi connectivity index (χ1v) is 11.5. The van der Waals surface area contributed by atoms with Crippen molar-refractivity contribution in [3.8, 4) is 5.75 Å². The van der Waals surface area contributed by atoms with Crippen LogP contribution in [0.4, 0.5) is 0 Å². The molecule has 2 aromatic rings. The molecule has 0 amide bonds. The largest absolute Gasteiger partial charge is 0.497 e. The van der Waals surface area contributed by atoms with E-state index in [1.54, 1.807) is 7.11 Å². The topological polar surface area (TPSA) is 76.4 Å². The highest BCUT2D eigenvalue weighted by molar-refractivity contribution is 14.0. The van der Waals surface area contributed by atoms with Gasteiger partial charge in [-0.3, -0.25) is 0 Å². The van der Waals surface area contributed by atoms with Gasteiger partial charge in [-0.25, -0.2) is 4.99 Å². The van der Waals surface area contributed by atoms with Gasteiger partial charge in [0.15, 0.2) is 11.8 Å². The van der Waals surface area contributed by atoms with Gasteiger partial charge in [0, 0.05) is 19.6 Å². The SMILES string of the molecule is COc1ccc(CCNC(=NCc2nnc(C)n2C)NC2CCC(C(C)C)CC2)cc1.I. The van der Waals surface area contributed by atoms with E-state index in [-0.39, 0.29) is 24.0 Å². The fourth-order valence-electron chi connectivity index (χ4n) is 4.13. The summed E-state index contributed by atoms with van der Waals surface area (Å²) in [5.74, 6) is 5.15. The summed E-state index contributed by atoms with van der Waals surface area (Å²) in [5.41, 5.74) is 1.27. The van der Waals surface area contributed by atoms with Gasteiger partial charge in [-0.15, -0.1) is 34.2 Å². The molecule has 1 saturated carbocycles. The Morgan fingerprint density at radius 1 is 1.16 bits per heavy atom. The number of hydrogen-bond donors (Lipinski definition) is 2. The third kappa shape index (κ3) is 7.64. The smallest absolute Gasteiger partial charge is 0.191 e. The lowest BCUT2D eigenvalue weighted by atomic mass is 9.80. The Morgan fingerprint density at radius 2 is 1.84 bits per heavy atom. The Balaban J connectivity index is 0.00000363. The van der Waals surface area contributed by atoms with Crippen LogP contribution in [0.2, 0.25) is 0 Å². The number of aryl methyl sites for hydroxylation is 1. The van der Waals surface area contributed by atoms with Crippen LogP contribution in [-0.2, 0) is 20.0 Å². The molecule has 178 valence electrons. The third-order valence-electron chi connectivity index (χ3n) is 6.48. The number of nitrogens with one attached hydrogen (secondary N) is 2. The van der Waals surface area contributed by atoms with E-state index in [0.717, 1.165) is 48.2 Å². The van der Waals surface area contributed by atoms with Crippen LogP contribution in [0.1, 0.15) is 56.7 Å². The molecule has 0 aliphatic heterocycles. The molecular weight excluding hydrogens is 515 g/mol. The van der Waals surface area contributed by atoms with Crippen molar-refractivity contribution >= 4 is 29.9 Å². The van der Waals surface area contributed by atoms with E-state index in [4.69, 9.17) is 9.73 Å². The maximum Gasteiger partial charge on any atom is 0.191 e. The summed E-state index contributed by atoms with van der Waals surface area (Å²) >= 11 is 0. The fourth-order valence-corrected chi connectivity index (χ4v) is 4.13. The van der Waals surface area contributed by atoms with E-state index < -0.39 is 0 Å². The second-order valence-electron chi connectivity index (χ2n) is 8.91. The zero-order valence-corrected chi connectivity index (χ0v) is 22.4. The van der Waals surface area contributed by atoms with Crippen LogP contribution in [0, 0.1) is 18.8 Å². The van der Waals surface area contributed by atoms with Crippen molar-refractivity contribution in [1.29, 1.82) is 0 Å². The van der Waals surface area contributed by atoms with Crippen LogP contribution in [0.25, 0.3) is 0 Å². The van der Waals surface area contributed by atoms with Gasteiger partial charge in [0.25, 0.3) is 0 Å². The van der Waals surface area contributed by atoms with Crippen molar-refractivity contribution in [1.82, 2.24) is 25.4 Å².